The Labute approximate surface area is 220 Å². The quantitative estimate of drug-likeness (QED) is 0.275. The van der Waals surface area contributed by atoms with E-state index in [1.54, 1.807) is 12.4 Å². The fourth-order valence-corrected chi connectivity index (χ4v) is 3.61. The lowest BCUT2D eigenvalue weighted by Crippen LogP contribution is -2.02. The summed E-state index contributed by atoms with van der Waals surface area (Å²) >= 11 is 5.69. The number of halogens is 3. The van der Waals surface area contributed by atoms with E-state index in [-0.39, 0.29) is 11.4 Å². The zero-order valence-corrected chi connectivity index (χ0v) is 20.7. The third-order valence-corrected chi connectivity index (χ3v) is 5.76. The molecule has 38 heavy (non-hydrogen) atoms. The van der Waals surface area contributed by atoms with Crippen LogP contribution in [0.5, 0.6) is 5.75 Å². The number of benzene rings is 2. The zero-order valence-electron chi connectivity index (χ0n) is 20.0. The Morgan fingerprint density at radius 1 is 1.05 bits per heavy atom. The Hall–Kier alpha value is -4.64. The minimum absolute atomic E-state index is 0.0428. The van der Waals surface area contributed by atoms with Crippen LogP contribution in [-0.2, 0) is 19.5 Å². The molecule has 0 fully saturated rings. The molecule has 2 aromatic heterocycles. The van der Waals surface area contributed by atoms with Crippen LogP contribution in [0.15, 0.2) is 77.8 Å². The average molecular weight is 536 g/mol. The lowest BCUT2D eigenvalue weighted by molar-refractivity contribution is 0.292. The molecule has 0 radical (unpaired) electrons. The van der Waals surface area contributed by atoms with E-state index in [9.17, 15) is 8.78 Å². The number of imidazole rings is 2. The van der Waals surface area contributed by atoms with Crippen molar-refractivity contribution in [3.63, 3.8) is 0 Å². The summed E-state index contributed by atoms with van der Waals surface area (Å²) in [5.41, 5.74) is 2.85. The second-order valence-electron chi connectivity index (χ2n) is 8.03. The van der Waals surface area contributed by atoms with Gasteiger partial charge in [0.1, 0.15) is 35.3 Å². The first-order valence-corrected chi connectivity index (χ1v) is 11.9. The van der Waals surface area contributed by atoms with Gasteiger partial charge in [-0.3, -0.25) is 5.10 Å². The van der Waals surface area contributed by atoms with Gasteiger partial charge < -0.3 is 13.8 Å². The number of fused-ring (bicyclic) bond motifs is 1. The third kappa shape index (κ3) is 5.52. The van der Waals surface area contributed by atoms with Gasteiger partial charge >= 0.3 is 0 Å². The monoisotopic (exact) mass is 535 g/mol. The molecule has 0 bridgehead atoms. The number of aromatic amines is 1. The maximum atomic E-state index is 13.5. The normalized spacial score (nSPS) is 10.8. The second kappa shape index (κ2) is 11.2. The standard InChI is InChI=1S/C15H14ClN3O2.C11H6F2N4/c1-19-7-6-17-15(19)10-20-12-4-2-11(3-5-12)14-8-13(9-16)21-18-14;12-7-3-1-2-6(10(7)13)11-16-8-4-14-15-5-9(8)17-11/h2-8H,9-10H2,1H3;1-5,14H. The molecule has 6 rings (SSSR count). The molecule has 2 aliphatic heterocycles. The highest BCUT2D eigenvalue weighted by atomic mass is 35.5. The molecule has 4 aromatic rings. The van der Waals surface area contributed by atoms with Gasteiger partial charge in [0.05, 0.1) is 17.6 Å². The number of aromatic nitrogens is 7. The number of alkyl halides is 1. The maximum Gasteiger partial charge on any atom is 0.169 e. The number of aryl methyl sites for hydroxylation is 1. The molecule has 0 aliphatic carbocycles. The van der Waals surface area contributed by atoms with Crippen LogP contribution in [-0.4, -0.2) is 34.9 Å². The molecule has 0 saturated heterocycles. The molecule has 2 aliphatic rings. The highest BCUT2D eigenvalue weighted by molar-refractivity contribution is 6.16. The van der Waals surface area contributed by atoms with Crippen molar-refractivity contribution in [1.29, 1.82) is 0 Å². The molecule has 0 unspecified atom stereocenters. The first-order chi connectivity index (χ1) is 18.5. The minimum Gasteiger partial charge on any atom is -0.486 e. The largest absolute Gasteiger partial charge is 0.486 e. The molecule has 0 saturated carbocycles. The smallest absolute Gasteiger partial charge is 0.169 e. The number of nitrogens with zero attached hydrogens (tertiary/aromatic N) is 6. The van der Waals surface area contributed by atoms with Crippen LogP contribution in [0.2, 0.25) is 0 Å². The van der Waals surface area contributed by atoms with Crippen molar-refractivity contribution in [3.05, 3.63) is 96.5 Å². The Bertz CT molecular complexity index is 1580. The van der Waals surface area contributed by atoms with Crippen molar-refractivity contribution in [2.45, 2.75) is 12.5 Å². The summed E-state index contributed by atoms with van der Waals surface area (Å²) in [6, 6.07) is 13.4. The zero-order chi connectivity index (χ0) is 26.5. The number of nitrogens with one attached hydrogen (secondary N) is 1. The molecule has 2 aromatic carbocycles. The van der Waals surface area contributed by atoms with Gasteiger partial charge in [-0.15, -0.1) is 11.6 Å². The van der Waals surface area contributed by atoms with Gasteiger partial charge in [0.15, 0.2) is 23.2 Å². The molecule has 1 N–H and O–H groups in total. The minimum atomic E-state index is -0.945. The number of ether oxygens (including phenoxy) is 1. The Morgan fingerprint density at radius 3 is 2.58 bits per heavy atom. The lowest BCUT2D eigenvalue weighted by atomic mass is 10.1. The molecule has 0 amide bonds. The van der Waals surface area contributed by atoms with E-state index < -0.39 is 11.6 Å². The number of rotatable bonds is 6. The first kappa shape index (κ1) is 25.0. The van der Waals surface area contributed by atoms with E-state index in [2.05, 4.69) is 30.3 Å². The molecular weight excluding hydrogens is 516 g/mol. The van der Waals surface area contributed by atoms with Gasteiger partial charge in [-0.2, -0.15) is 5.10 Å². The predicted octanol–water partition coefficient (Wildman–Crippen LogP) is 5.64. The van der Waals surface area contributed by atoms with Crippen molar-refractivity contribution in [3.8, 4) is 39.8 Å². The topological polar surface area (TPSA) is 108 Å². The van der Waals surface area contributed by atoms with Gasteiger partial charge in [0.2, 0.25) is 0 Å². The Kier molecular flexibility index (Phi) is 7.36. The summed E-state index contributed by atoms with van der Waals surface area (Å²) in [6.45, 7) is 0.434. The summed E-state index contributed by atoms with van der Waals surface area (Å²) in [7, 11) is 1.94. The van der Waals surface area contributed by atoms with Crippen LogP contribution in [0.3, 0.4) is 0 Å². The molecule has 0 spiro atoms. The Balaban J connectivity index is 0.000000158. The van der Waals surface area contributed by atoms with Crippen molar-refractivity contribution < 1.29 is 18.0 Å². The predicted molar refractivity (Wildman–Crippen MR) is 135 cm³/mol. The summed E-state index contributed by atoms with van der Waals surface area (Å²) < 4.78 is 39.3. The van der Waals surface area contributed by atoms with E-state index in [4.69, 9.17) is 20.9 Å². The first-order valence-electron chi connectivity index (χ1n) is 11.3. The van der Waals surface area contributed by atoms with Gasteiger partial charge in [0.25, 0.3) is 0 Å². The molecular formula is C26H20ClF2N7O2. The molecule has 9 nitrogen and oxygen atoms in total. The second-order valence-corrected chi connectivity index (χ2v) is 8.30. The summed E-state index contributed by atoms with van der Waals surface area (Å²) in [5.74, 6) is 0.920. The highest BCUT2D eigenvalue weighted by Crippen LogP contribution is 2.26. The van der Waals surface area contributed by atoms with Crippen LogP contribution in [0.4, 0.5) is 8.78 Å². The highest BCUT2D eigenvalue weighted by Gasteiger charge is 2.17. The van der Waals surface area contributed by atoms with Crippen LogP contribution < -0.4 is 4.74 Å². The van der Waals surface area contributed by atoms with Crippen LogP contribution in [0.25, 0.3) is 34.0 Å². The number of H-pyrrole nitrogens is 1. The van der Waals surface area contributed by atoms with E-state index >= 15 is 0 Å². The number of hydrogen-bond acceptors (Lipinski definition) is 7. The third-order valence-electron chi connectivity index (χ3n) is 5.50. The fourth-order valence-electron chi connectivity index (χ4n) is 3.48. The maximum absolute atomic E-state index is 13.5. The van der Waals surface area contributed by atoms with Crippen LogP contribution in [0.1, 0.15) is 11.6 Å². The summed E-state index contributed by atoms with van der Waals surface area (Å²) in [6.07, 6.45) is 6.66. The van der Waals surface area contributed by atoms with Crippen molar-refractivity contribution in [1.82, 2.24) is 34.9 Å². The van der Waals surface area contributed by atoms with Crippen LogP contribution >= 0.6 is 11.6 Å². The van der Waals surface area contributed by atoms with Crippen molar-refractivity contribution in [2.24, 2.45) is 7.05 Å². The van der Waals surface area contributed by atoms with Gasteiger partial charge in [-0.05, 0) is 36.4 Å². The van der Waals surface area contributed by atoms with E-state index in [1.165, 1.54) is 18.3 Å². The Morgan fingerprint density at radius 2 is 1.87 bits per heavy atom. The summed E-state index contributed by atoms with van der Waals surface area (Å²) in [4.78, 5) is 12.4. The number of hydrogen-bond donors (Lipinski definition) is 1. The molecule has 192 valence electrons. The van der Waals surface area contributed by atoms with Gasteiger partial charge in [0, 0.05) is 37.3 Å². The van der Waals surface area contributed by atoms with Gasteiger partial charge in [-0.25, -0.2) is 23.7 Å². The molecule has 4 heterocycles. The summed E-state index contributed by atoms with van der Waals surface area (Å²) in [5, 5.41) is 10.3. The van der Waals surface area contributed by atoms with Gasteiger partial charge in [-0.1, -0.05) is 11.2 Å². The van der Waals surface area contributed by atoms with Crippen molar-refractivity contribution in [2.75, 3.05) is 0 Å². The molecule has 0 atom stereocenters. The van der Waals surface area contributed by atoms with Crippen LogP contribution in [0, 0.1) is 11.6 Å². The van der Waals surface area contributed by atoms with E-state index in [0.29, 0.717) is 29.6 Å². The molecule has 12 heteroatoms. The van der Waals surface area contributed by atoms with E-state index in [0.717, 1.165) is 28.9 Å². The van der Waals surface area contributed by atoms with Crippen molar-refractivity contribution >= 4 is 11.6 Å². The SMILES string of the molecule is Cn1ccnc1COc1ccc(-c2cc(CCl)on2)cc1.Fc1cccc(-c2nc3cn[nH]cc-3n2)c1F. The lowest BCUT2D eigenvalue weighted by Gasteiger charge is -2.06. The van der Waals surface area contributed by atoms with E-state index in [1.807, 2.05) is 48.1 Å². The fraction of sp³-hybridized carbons (Fsp3) is 0.115. The average Bonchev–Trinajstić information content (AvgIpc) is 3.69.